The number of carbonyl (C=O) groups excluding carboxylic acids is 1. The van der Waals surface area contributed by atoms with Crippen LogP contribution in [-0.4, -0.2) is 38.6 Å². The summed E-state index contributed by atoms with van der Waals surface area (Å²) in [6, 6.07) is 6.20. The molecule has 1 saturated heterocycles. The van der Waals surface area contributed by atoms with Crippen molar-refractivity contribution in [1.29, 1.82) is 0 Å². The third-order valence-electron chi connectivity index (χ3n) is 4.39. The molecule has 3 rings (SSSR count). The second kappa shape index (κ2) is 5.87. The van der Waals surface area contributed by atoms with E-state index in [0.29, 0.717) is 12.1 Å². The van der Waals surface area contributed by atoms with Gasteiger partial charge in [0, 0.05) is 23.4 Å². The molecule has 1 aromatic heterocycles. The van der Waals surface area contributed by atoms with Gasteiger partial charge in [0.25, 0.3) is 5.91 Å². The molecule has 6 nitrogen and oxygen atoms in total. The Kier molecular flexibility index (Phi) is 3.90. The number of carboxylic acid groups (broad SMARTS) is 1. The van der Waals surface area contributed by atoms with Crippen LogP contribution in [0, 0.1) is 13.8 Å². The number of rotatable bonds is 3. The zero-order chi connectivity index (χ0) is 16.6. The molecule has 1 unspecified atom stereocenters. The fourth-order valence-electron chi connectivity index (χ4n) is 3.31. The highest BCUT2D eigenvalue weighted by Crippen LogP contribution is 2.35. The summed E-state index contributed by atoms with van der Waals surface area (Å²) in [5.41, 5.74) is 3.50. The molecule has 2 heterocycles. The summed E-state index contributed by atoms with van der Waals surface area (Å²) in [5.74, 6) is -1.16. The summed E-state index contributed by atoms with van der Waals surface area (Å²) in [6.07, 6.45) is 1.82. The van der Waals surface area contributed by atoms with Gasteiger partial charge in [0.15, 0.2) is 0 Å². The number of benzene rings is 1. The maximum atomic E-state index is 12.9. The van der Waals surface area contributed by atoms with Crippen LogP contribution >= 0.6 is 0 Å². The van der Waals surface area contributed by atoms with Crippen molar-refractivity contribution in [3.05, 3.63) is 52.3 Å². The Morgan fingerprint density at radius 2 is 2.04 bits per heavy atom. The molecule has 2 aromatic rings. The first-order valence-electron chi connectivity index (χ1n) is 7.65. The third-order valence-corrected chi connectivity index (χ3v) is 4.39. The van der Waals surface area contributed by atoms with Gasteiger partial charge in [0.1, 0.15) is 0 Å². The smallest absolute Gasteiger partial charge is 0.335 e. The lowest BCUT2D eigenvalue weighted by atomic mass is 10.0. The number of nitrogens with zero attached hydrogens (tertiary/aromatic N) is 2. The van der Waals surface area contributed by atoms with Gasteiger partial charge in [-0.25, -0.2) is 4.79 Å². The number of aromatic nitrogens is 2. The largest absolute Gasteiger partial charge is 0.478 e. The number of carboxylic acids is 1. The van der Waals surface area contributed by atoms with Crippen molar-refractivity contribution in [2.75, 3.05) is 6.54 Å². The lowest BCUT2D eigenvalue weighted by Crippen LogP contribution is -2.31. The van der Waals surface area contributed by atoms with Crippen molar-refractivity contribution < 1.29 is 14.7 Å². The van der Waals surface area contributed by atoms with Crippen LogP contribution in [0.1, 0.15) is 56.6 Å². The molecule has 23 heavy (non-hydrogen) atoms. The van der Waals surface area contributed by atoms with Crippen LogP contribution in [0.4, 0.5) is 0 Å². The maximum Gasteiger partial charge on any atom is 0.335 e. The second-order valence-corrected chi connectivity index (χ2v) is 5.89. The van der Waals surface area contributed by atoms with E-state index in [0.717, 1.165) is 29.8 Å². The standard InChI is InChI=1S/C17H19N3O3/c1-10-15(11(2)19-18-10)14-7-4-8-20(14)16(21)12-5-3-6-13(9-12)17(22)23/h3,5-6,9,14H,4,7-8H2,1-2H3,(H,18,19)(H,22,23). The zero-order valence-corrected chi connectivity index (χ0v) is 13.2. The van der Waals surface area contributed by atoms with Gasteiger partial charge in [-0.1, -0.05) is 6.07 Å². The lowest BCUT2D eigenvalue weighted by molar-refractivity contribution is 0.0697. The molecule has 0 aliphatic carbocycles. The molecule has 1 aliphatic heterocycles. The van der Waals surface area contributed by atoms with E-state index in [4.69, 9.17) is 5.11 Å². The van der Waals surface area contributed by atoms with E-state index in [9.17, 15) is 9.59 Å². The number of hydrogen-bond acceptors (Lipinski definition) is 3. The highest BCUT2D eigenvalue weighted by atomic mass is 16.4. The van der Waals surface area contributed by atoms with E-state index in [1.807, 2.05) is 18.7 Å². The molecule has 1 amide bonds. The van der Waals surface area contributed by atoms with E-state index in [1.165, 1.54) is 12.1 Å². The Hall–Kier alpha value is -2.63. The van der Waals surface area contributed by atoms with Gasteiger partial charge in [-0.2, -0.15) is 5.10 Å². The molecule has 2 N–H and O–H groups in total. The molecule has 0 bridgehead atoms. The molecule has 1 atom stereocenters. The quantitative estimate of drug-likeness (QED) is 0.912. The minimum absolute atomic E-state index is 0.00488. The number of aromatic amines is 1. The number of likely N-dealkylation sites (tertiary alicyclic amines) is 1. The molecule has 1 aromatic carbocycles. The van der Waals surface area contributed by atoms with Crippen molar-refractivity contribution >= 4 is 11.9 Å². The molecule has 0 radical (unpaired) electrons. The van der Waals surface area contributed by atoms with Crippen LogP contribution in [0.5, 0.6) is 0 Å². The third kappa shape index (κ3) is 2.72. The Bertz CT molecular complexity index is 747. The van der Waals surface area contributed by atoms with E-state index < -0.39 is 5.97 Å². The summed E-state index contributed by atoms with van der Waals surface area (Å²) in [4.78, 5) is 25.8. The van der Waals surface area contributed by atoms with Crippen molar-refractivity contribution in [3.8, 4) is 0 Å². The topological polar surface area (TPSA) is 86.3 Å². The number of H-pyrrole nitrogens is 1. The summed E-state index contributed by atoms with van der Waals surface area (Å²) in [6.45, 7) is 4.57. The lowest BCUT2D eigenvalue weighted by Gasteiger charge is -2.25. The number of aryl methyl sites for hydroxylation is 2. The Balaban J connectivity index is 1.92. The normalized spacial score (nSPS) is 17.5. The van der Waals surface area contributed by atoms with Gasteiger partial charge in [-0.3, -0.25) is 9.89 Å². The first kappa shape index (κ1) is 15.3. The average Bonchev–Trinajstić information content (AvgIpc) is 3.13. The number of amides is 1. The average molecular weight is 313 g/mol. The van der Waals surface area contributed by atoms with Gasteiger partial charge in [-0.15, -0.1) is 0 Å². The molecular weight excluding hydrogens is 294 g/mol. The van der Waals surface area contributed by atoms with E-state index >= 15 is 0 Å². The van der Waals surface area contributed by atoms with Crippen LogP contribution in [0.3, 0.4) is 0 Å². The maximum absolute atomic E-state index is 12.9. The predicted molar refractivity (Wildman–Crippen MR) is 84.5 cm³/mol. The summed E-state index contributed by atoms with van der Waals surface area (Å²) >= 11 is 0. The second-order valence-electron chi connectivity index (χ2n) is 5.89. The first-order chi connectivity index (χ1) is 11.0. The minimum atomic E-state index is -1.03. The predicted octanol–water partition coefficient (Wildman–Crippen LogP) is 2.70. The van der Waals surface area contributed by atoms with Crippen LogP contribution in [0.15, 0.2) is 24.3 Å². The summed E-state index contributed by atoms with van der Waals surface area (Å²) < 4.78 is 0. The highest BCUT2D eigenvalue weighted by molar-refractivity contribution is 5.97. The van der Waals surface area contributed by atoms with Crippen molar-refractivity contribution in [1.82, 2.24) is 15.1 Å². The number of nitrogens with one attached hydrogen (secondary N) is 1. The van der Waals surface area contributed by atoms with Crippen LogP contribution < -0.4 is 0 Å². The van der Waals surface area contributed by atoms with Crippen LogP contribution in [0.25, 0.3) is 0 Å². The molecule has 120 valence electrons. The summed E-state index contributed by atoms with van der Waals surface area (Å²) in [7, 11) is 0. The van der Waals surface area contributed by atoms with Gasteiger partial charge >= 0.3 is 5.97 Å². The van der Waals surface area contributed by atoms with Crippen LogP contribution in [0.2, 0.25) is 0 Å². The highest BCUT2D eigenvalue weighted by Gasteiger charge is 2.33. The summed E-state index contributed by atoms with van der Waals surface area (Å²) in [5, 5.41) is 16.3. The van der Waals surface area contributed by atoms with Gasteiger partial charge in [-0.05, 0) is 44.9 Å². The van der Waals surface area contributed by atoms with Crippen molar-refractivity contribution in [2.45, 2.75) is 32.7 Å². The Morgan fingerprint density at radius 1 is 1.30 bits per heavy atom. The number of carbonyl (C=O) groups is 2. The molecular formula is C17H19N3O3. The zero-order valence-electron chi connectivity index (χ0n) is 13.2. The van der Waals surface area contributed by atoms with Crippen molar-refractivity contribution in [3.63, 3.8) is 0 Å². The van der Waals surface area contributed by atoms with Gasteiger partial charge < -0.3 is 10.0 Å². The molecule has 0 saturated carbocycles. The molecule has 1 fully saturated rings. The van der Waals surface area contributed by atoms with E-state index in [2.05, 4.69) is 10.2 Å². The van der Waals surface area contributed by atoms with Gasteiger partial charge in [0.2, 0.25) is 0 Å². The monoisotopic (exact) mass is 313 g/mol. The number of aromatic carboxylic acids is 1. The minimum Gasteiger partial charge on any atom is -0.478 e. The van der Waals surface area contributed by atoms with E-state index in [1.54, 1.807) is 12.1 Å². The van der Waals surface area contributed by atoms with E-state index in [-0.39, 0.29) is 17.5 Å². The Labute approximate surface area is 134 Å². The first-order valence-corrected chi connectivity index (χ1v) is 7.65. The Morgan fingerprint density at radius 3 is 2.70 bits per heavy atom. The number of hydrogen-bond donors (Lipinski definition) is 2. The molecule has 0 spiro atoms. The fraction of sp³-hybridized carbons (Fsp3) is 0.353. The SMILES string of the molecule is Cc1n[nH]c(C)c1C1CCCN1C(=O)c1cccc(C(=O)O)c1. The molecule has 1 aliphatic rings. The van der Waals surface area contributed by atoms with Gasteiger partial charge in [0.05, 0.1) is 17.3 Å². The van der Waals surface area contributed by atoms with Crippen LogP contribution in [-0.2, 0) is 0 Å². The fourth-order valence-corrected chi connectivity index (χ4v) is 3.31. The van der Waals surface area contributed by atoms with Crippen molar-refractivity contribution in [2.24, 2.45) is 0 Å². The molecule has 6 heteroatoms.